The van der Waals surface area contributed by atoms with Crippen LogP contribution in [-0.2, 0) is 17.6 Å². The van der Waals surface area contributed by atoms with E-state index in [1.165, 1.54) is 7.05 Å². The lowest BCUT2D eigenvalue weighted by molar-refractivity contribution is -0.128. The third kappa shape index (κ3) is 8.18. The third-order valence-electron chi connectivity index (χ3n) is 6.18. The second kappa shape index (κ2) is 13.0. The van der Waals surface area contributed by atoms with Gasteiger partial charge in [-0.1, -0.05) is 80.9 Å². The van der Waals surface area contributed by atoms with Crippen LogP contribution >= 0.6 is 0 Å². The van der Waals surface area contributed by atoms with Gasteiger partial charge in [-0.3, -0.25) is 9.69 Å². The topological polar surface area (TPSA) is 116 Å². The van der Waals surface area contributed by atoms with Crippen molar-refractivity contribution in [2.45, 2.75) is 63.8 Å². The van der Waals surface area contributed by atoms with Crippen LogP contribution in [0.1, 0.15) is 37.8 Å². The highest BCUT2D eigenvalue weighted by Crippen LogP contribution is 2.17. The fourth-order valence-corrected chi connectivity index (χ4v) is 4.03. The molecule has 0 aliphatic carbocycles. The standard InChI is InChI=1S/C26H37N3O4/c1-4-18(2)24(29(3)26(32)33)25(31)28-21(15-19-11-7-5-8-12-19)17-23(30)22(27)16-20-13-9-6-10-14-20/h5-14,18,21-24,30H,4,15-17,27H2,1-3H3,(H,28,31)(H,32,33)/t18-,21-,22-,23-,24-/m0/s1. The normalized spacial score (nSPS) is 15.7. The molecule has 0 aromatic heterocycles. The first-order chi connectivity index (χ1) is 15.7. The van der Waals surface area contributed by atoms with Crippen molar-refractivity contribution in [1.29, 1.82) is 0 Å². The molecule has 0 saturated carbocycles. The number of aliphatic hydroxyl groups excluding tert-OH is 1. The zero-order valence-corrected chi connectivity index (χ0v) is 19.7. The summed E-state index contributed by atoms with van der Waals surface area (Å²) in [4.78, 5) is 25.8. The Labute approximate surface area is 196 Å². The Hall–Kier alpha value is -2.90. The van der Waals surface area contributed by atoms with Crippen LogP contribution < -0.4 is 11.1 Å². The monoisotopic (exact) mass is 455 g/mol. The summed E-state index contributed by atoms with van der Waals surface area (Å²) in [5.74, 6) is -0.521. The van der Waals surface area contributed by atoms with Crippen LogP contribution in [0, 0.1) is 5.92 Å². The molecule has 0 radical (unpaired) electrons. The highest BCUT2D eigenvalue weighted by molar-refractivity contribution is 5.85. The predicted molar refractivity (Wildman–Crippen MR) is 130 cm³/mol. The second-order valence-corrected chi connectivity index (χ2v) is 8.78. The summed E-state index contributed by atoms with van der Waals surface area (Å²) in [7, 11) is 1.41. The van der Waals surface area contributed by atoms with Gasteiger partial charge in [0.2, 0.25) is 5.91 Å². The minimum Gasteiger partial charge on any atom is -0.465 e. The van der Waals surface area contributed by atoms with E-state index in [2.05, 4.69) is 5.32 Å². The van der Waals surface area contributed by atoms with Gasteiger partial charge in [0.1, 0.15) is 6.04 Å². The summed E-state index contributed by atoms with van der Waals surface area (Å²) < 4.78 is 0. The summed E-state index contributed by atoms with van der Waals surface area (Å²) in [6.07, 6.45) is -0.0439. The van der Waals surface area contributed by atoms with Gasteiger partial charge in [-0.05, 0) is 36.3 Å². The second-order valence-electron chi connectivity index (χ2n) is 8.78. The Morgan fingerprint density at radius 1 is 1.00 bits per heavy atom. The van der Waals surface area contributed by atoms with E-state index in [9.17, 15) is 19.8 Å². The number of nitrogens with two attached hydrogens (primary N) is 1. The molecule has 5 N–H and O–H groups in total. The lowest BCUT2D eigenvalue weighted by Crippen LogP contribution is -2.54. The first kappa shape index (κ1) is 26.4. The number of aliphatic hydroxyl groups is 1. The molecular formula is C26H37N3O4. The average Bonchev–Trinajstić information content (AvgIpc) is 2.80. The van der Waals surface area contributed by atoms with Gasteiger partial charge < -0.3 is 21.3 Å². The summed E-state index contributed by atoms with van der Waals surface area (Å²) in [6.45, 7) is 3.79. The van der Waals surface area contributed by atoms with Gasteiger partial charge in [-0.15, -0.1) is 0 Å². The van der Waals surface area contributed by atoms with Gasteiger partial charge in [0, 0.05) is 19.1 Å². The van der Waals surface area contributed by atoms with E-state index in [0.717, 1.165) is 16.0 Å². The summed E-state index contributed by atoms with van der Waals surface area (Å²) in [5, 5.41) is 23.3. The van der Waals surface area contributed by atoms with E-state index < -0.39 is 30.3 Å². The maximum atomic E-state index is 13.2. The maximum absolute atomic E-state index is 13.2. The lowest BCUT2D eigenvalue weighted by Gasteiger charge is -2.32. The molecule has 0 unspecified atom stereocenters. The van der Waals surface area contributed by atoms with E-state index in [0.29, 0.717) is 19.3 Å². The summed E-state index contributed by atoms with van der Waals surface area (Å²) in [5.41, 5.74) is 8.34. The molecule has 180 valence electrons. The minimum absolute atomic E-state index is 0.159. The number of amides is 2. The Balaban J connectivity index is 2.16. The van der Waals surface area contributed by atoms with Crippen molar-refractivity contribution in [3.63, 3.8) is 0 Å². The molecule has 7 heteroatoms. The third-order valence-corrected chi connectivity index (χ3v) is 6.18. The largest absolute Gasteiger partial charge is 0.465 e. The molecule has 0 aliphatic heterocycles. The fourth-order valence-electron chi connectivity index (χ4n) is 4.03. The van der Waals surface area contributed by atoms with Crippen molar-refractivity contribution < 1.29 is 19.8 Å². The molecule has 2 aromatic rings. The van der Waals surface area contributed by atoms with Gasteiger partial charge in [0.05, 0.1) is 6.10 Å². The van der Waals surface area contributed by atoms with Crippen molar-refractivity contribution in [1.82, 2.24) is 10.2 Å². The highest BCUT2D eigenvalue weighted by atomic mass is 16.4. The van der Waals surface area contributed by atoms with Crippen molar-refractivity contribution >= 4 is 12.0 Å². The average molecular weight is 456 g/mol. The molecule has 0 heterocycles. The van der Waals surface area contributed by atoms with Gasteiger partial charge in [-0.2, -0.15) is 0 Å². The van der Waals surface area contributed by atoms with Crippen LogP contribution in [-0.4, -0.2) is 58.4 Å². The zero-order chi connectivity index (χ0) is 24.4. The highest BCUT2D eigenvalue weighted by Gasteiger charge is 2.33. The van der Waals surface area contributed by atoms with Crippen molar-refractivity contribution in [3.8, 4) is 0 Å². The van der Waals surface area contributed by atoms with Gasteiger partial charge in [0.25, 0.3) is 0 Å². The minimum atomic E-state index is -1.15. The molecule has 2 rings (SSSR count). The van der Waals surface area contributed by atoms with Crippen molar-refractivity contribution in [2.24, 2.45) is 11.7 Å². The zero-order valence-electron chi connectivity index (χ0n) is 19.7. The molecule has 0 spiro atoms. The summed E-state index contributed by atoms with van der Waals surface area (Å²) in [6, 6.07) is 17.7. The SMILES string of the molecule is CC[C@H](C)[C@@H](C(=O)N[C@@H](Cc1ccccc1)C[C@H](O)[C@@H](N)Cc1ccccc1)N(C)C(=O)O. The Morgan fingerprint density at radius 3 is 2.00 bits per heavy atom. The number of carboxylic acid groups (broad SMARTS) is 1. The number of carbonyl (C=O) groups excluding carboxylic acids is 1. The number of hydrogen-bond acceptors (Lipinski definition) is 4. The number of nitrogens with one attached hydrogen (secondary N) is 1. The number of benzene rings is 2. The molecule has 0 saturated heterocycles. The van der Waals surface area contributed by atoms with E-state index in [-0.39, 0.29) is 18.2 Å². The number of nitrogens with zero attached hydrogens (tertiary/aromatic N) is 1. The Morgan fingerprint density at radius 2 is 1.52 bits per heavy atom. The first-order valence-corrected chi connectivity index (χ1v) is 11.5. The smallest absolute Gasteiger partial charge is 0.407 e. The predicted octanol–water partition coefficient (Wildman–Crippen LogP) is 3.06. The van der Waals surface area contributed by atoms with Gasteiger partial charge >= 0.3 is 6.09 Å². The lowest BCUT2D eigenvalue weighted by atomic mass is 9.93. The molecule has 0 aliphatic rings. The van der Waals surface area contributed by atoms with Crippen LogP contribution in [0.15, 0.2) is 60.7 Å². The van der Waals surface area contributed by atoms with Crippen LogP contribution in [0.25, 0.3) is 0 Å². The van der Waals surface area contributed by atoms with Crippen LogP contribution in [0.2, 0.25) is 0 Å². The van der Waals surface area contributed by atoms with Crippen LogP contribution in [0.5, 0.6) is 0 Å². The van der Waals surface area contributed by atoms with E-state index in [1.54, 1.807) is 0 Å². The van der Waals surface area contributed by atoms with Crippen LogP contribution in [0.4, 0.5) is 4.79 Å². The molecular weight excluding hydrogens is 418 g/mol. The number of likely N-dealkylation sites (N-methyl/N-ethyl adjacent to an activating group) is 1. The molecule has 33 heavy (non-hydrogen) atoms. The van der Waals surface area contributed by atoms with Crippen molar-refractivity contribution in [2.75, 3.05) is 7.05 Å². The first-order valence-electron chi connectivity index (χ1n) is 11.5. The van der Waals surface area contributed by atoms with E-state index in [4.69, 9.17) is 5.73 Å². The molecule has 7 nitrogen and oxygen atoms in total. The Kier molecular flexibility index (Phi) is 10.4. The molecule has 0 bridgehead atoms. The molecule has 2 aromatic carbocycles. The van der Waals surface area contributed by atoms with Crippen molar-refractivity contribution in [3.05, 3.63) is 71.8 Å². The van der Waals surface area contributed by atoms with Crippen LogP contribution in [0.3, 0.4) is 0 Å². The number of carbonyl (C=O) groups is 2. The Bertz CT molecular complexity index is 862. The van der Waals surface area contributed by atoms with Gasteiger partial charge in [-0.25, -0.2) is 4.79 Å². The maximum Gasteiger partial charge on any atom is 0.407 e. The van der Waals surface area contributed by atoms with E-state index >= 15 is 0 Å². The molecule has 2 amide bonds. The van der Waals surface area contributed by atoms with Gasteiger partial charge in [0.15, 0.2) is 0 Å². The number of hydrogen-bond donors (Lipinski definition) is 4. The number of rotatable bonds is 12. The quantitative estimate of drug-likeness (QED) is 0.393. The van der Waals surface area contributed by atoms with E-state index in [1.807, 2.05) is 74.5 Å². The summed E-state index contributed by atoms with van der Waals surface area (Å²) >= 11 is 0. The fraction of sp³-hybridized carbons (Fsp3) is 0.462. The molecule has 5 atom stereocenters. The molecule has 0 fully saturated rings.